The Hall–Kier alpha value is -1.16. The van der Waals surface area contributed by atoms with Crippen LogP contribution >= 0.6 is 0 Å². The fraction of sp³-hybridized carbons (Fsp3) is 0.778. The van der Waals surface area contributed by atoms with E-state index in [2.05, 4.69) is 6.92 Å². The first kappa shape index (κ1) is 18.9. The molecular formula is C18H30O4. The fourth-order valence-corrected chi connectivity index (χ4v) is 2.57. The molecule has 0 bridgehead atoms. The van der Waals surface area contributed by atoms with Crippen LogP contribution in [0.5, 0.6) is 0 Å². The van der Waals surface area contributed by atoms with Crippen molar-refractivity contribution in [3.63, 3.8) is 0 Å². The highest BCUT2D eigenvalue weighted by molar-refractivity contribution is 5.95. The molecule has 0 aromatic heterocycles. The van der Waals surface area contributed by atoms with Gasteiger partial charge in [0.1, 0.15) is 6.10 Å². The van der Waals surface area contributed by atoms with Crippen molar-refractivity contribution in [1.82, 2.24) is 0 Å². The van der Waals surface area contributed by atoms with Crippen LogP contribution in [0.15, 0.2) is 12.2 Å². The van der Waals surface area contributed by atoms with E-state index >= 15 is 0 Å². The highest BCUT2D eigenvalue weighted by Crippen LogP contribution is 2.28. The van der Waals surface area contributed by atoms with Crippen molar-refractivity contribution in [2.45, 2.75) is 89.8 Å². The molecule has 2 atom stereocenters. The molecular weight excluding hydrogens is 280 g/mol. The second-order valence-electron chi connectivity index (χ2n) is 6.10. The van der Waals surface area contributed by atoms with Gasteiger partial charge in [-0.3, -0.25) is 9.59 Å². The van der Waals surface area contributed by atoms with E-state index in [1.165, 1.54) is 12.8 Å². The molecule has 1 rings (SSSR count). The first-order chi connectivity index (χ1) is 10.6. The lowest BCUT2D eigenvalue weighted by Crippen LogP contribution is -2.06. The number of carboxylic acids is 1. The summed E-state index contributed by atoms with van der Waals surface area (Å²) in [5, 5.41) is 8.52. The first-order valence-electron chi connectivity index (χ1n) is 8.72. The van der Waals surface area contributed by atoms with E-state index in [4.69, 9.17) is 9.84 Å². The average Bonchev–Trinajstić information content (AvgIpc) is 3.25. The Morgan fingerprint density at radius 1 is 1.05 bits per heavy atom. The maximum atomic E-state index is 11.8. The third kappa shape index (κ3) is 8.98. The third-order valence-electron chi connectivity index (χ3n) is 4.00. The topological polar surface area (TPSA) is 66.9 Å². The van der Waals surface area contributed by atoms with Gasteiger partial charge in [-0.25, -0.2) is 0 Å². The van der Waals surface area contributed by atoms with Crippen LogP contribution in [0.25, 0.3) is 0 Å². The van der Waals surface area contributed by atoms with Crippen molar-refractivity contribution in [3.05, 3.63) is 12.2 Å². The minimum absolute atomic E-state index is 0.114. The lowest BCUT2D eigenvalue weighted by atomic mass is 10.1. The molecule has 0 aromatic rings. The predicted octanol–water partition coefficient (Wildman–Crippen LogP) is 4.27. The van der Waals surface area contributed by atoms with Gasteiger partial charge in [0.2, 0.25) is 0 Å². The number of unbranched alkanes of at least 4 members (excludes halogenated alkanes) is 7. The second kappa shape index (κ2) is 11.4. The third-order valence-corrected chi connectivity index (χ3v) is 4.00. The number of ether oxygens (including phenoxy) is 1. The molecule has 22 heavy (non-hydrogen) atoms. The van der Waals surface area contributed by atoms with Crippen molar-refractivity contribution in [1.29, 1.82) is 0 Å². The average molecular weight is 310 g/mol. The van der Waals surface area contributed by atoms with Crippen LogP contribution in [0.3, 0.4) is 0 Å². The summed E-state index contributed by atoms with van der Waals surface area (Å²) in [6.07, 6.45) is 14.3. The van der Waals surface area contributed by atoms with E-state index < -0.39 is 5.97 Å². The zero-order valence-corrected chi connectivity index (χ0v) is 13.8. The molecule has 1 N–H and O–H groups in total. The van der Waals surface area contributed by atoms with Crippen LogP contribution in [-0.4, -0.2) is 29.1 Å². The zero-order valence-electron chi connectivity index (χ0n) is 13.8. The standard InChI is InChI=1S/C18H30O4/c1-2-3-9-13-16-18(22-16)15(19)12-10-7-5-4-6-8-11-14-17(20)21/h10,12,16,18H,2-9,11,13-14H2,1H3,(H,20,21)/b12-10+/t16-,18-/m1/s1. The molecule has 0 saturated carbocycles. The molecule has 1 fully saturated rings. The lowest BCUT2D eigenvalue weighted by Gasteiger charge is -1.98. The SMILES string of the molecule is CCCCC[C@H]1O[C@@H]1C(=O)/C=C/CCCCCCCC(=O)O. The second-order valence-corrected chi connectivity index (χ2v) is 6.10. The molecule has 0 spiro atoms. The molecule has 0 unspecified atom stereocenters. The smallest absolute Gasteiger partial charge is 0.303 e. The van der Waals surface area contributed by atoms with Gasteiger partial charge in [-0.15, -0.1) is 0 Å². The number of hydrogen-bond acceptors (Lipinski definition) is 3. The minimum Gasteiger partial charge on any atom is -0.481 e. The lowest BCUT2D eigenvalue weighted by molar-refractivity contribution is -0.137. The van der Waals surface area contributed by atoms with E-state index in [0.717, 1.165) is 51.4 Å². The Kier molecular flexibility index (Phi) is 9.80. The van der Waals surface area contributed by atoms with Crippen molar-refractivity contribution in [2.75, 3.05) is 0 Å². The Bertz CT molecular complexity index is 362. The van der Waals surface area contributed by atoms with Crippen molar-refractivity contribution < 1.29 is 19.4 Å². The number of hydrogen-bond donors (Lipinski definition) is 1. The Balaban J connectivity index is 1.93. The molecule has 126 valence electrons. The van der Waals surface area contributed by atoms with Crippen molar-refractivity contribution >= 4 is 11.8 Å². The van der Waals surface area contributed by atoms with E-state index in [9.17, 15) is 9.59 Å². The van der Waals surface area contributed by atoms with E-state index in [-0.39, 0.29) is 24.4 Å². The largest absolute Gasteiger partial charge is 0.481 e. The summed E-state index contributed by atoms with van der Waals surface area (Å²) < 4.78 is 5.42. The Morgan fingerprint density at radius 2 is 1.77 bits per heavy atom. The molecule has 4 nitrogen and oxygen atoms in total. The van der Waals surface area contributed by atoms with Gasteiger partial charge in [0.25, 0.3) is 0 Å². The molecule has 4 heteroatoms. The van der Waals surface area contributed by atoms with Gasteiger partial charge in [-0.1, -0.05) is 51.5 Å². The van der Waals surface area contributed by atoms with Gasteiger partial charge >= 0.3 is 5.97 Å². The number of rotatable bonds is 14. The first-order valence-corrected chi connectivity index (χ1v) is 8.72. The quantitative estimate of drug-likeness (QED) is 0.295. The predicted molar refractivity (Wildman–Crippen MR) is 86.9 cm³/mol. The molecule has 0 aromatic carbocycles. The van der Waals surface area contributed by atoms with Crippen LogP contribution in [0.2, 0.25) is 0 Å². The van der Waals surface area contributed by atoms with Gasteiger partial charge in [-0.2, -0.15) is 0 Å². The summed E-state index contributed by atoms with van der Waals surface area (Å²) in [5.74, 6) is -0.598. The number of aliphatic carboxylic acids is 1. The van der Waals surface area contributed by atoms with E-state index in [0.29, 0.717) is 0 Å². The Morgan fingerprint density at radius 3 is 2.50 bits per heavy atom. The van der Waals surface area contributed by atoms with Gasteiger partial charge in [0, 0.05) is 6.42 Å². The normalized spacial score (nSPS) is 20.4. The molecule has 1 heterocycles. The summed E-state index contributed by atoms with van der Waals surface area (Å²) in [6.45, 7) is 2.17. The zero-order chi connectivity index (χ0) is 16.2. The monoisotopic (exact) mass is 310 g/mol. The van der Waals surface area contributed by atoms with E-state index in [1.807, 2.05) is 6.08 Å². The fourth-order valence-electron chi connectivity index (χ4n) is 2.57. The summed E-state index contributed by atoms with van der Waals surface area (Å²) in [5.41, 5.74) is 0. The van der Waals surface area contributed by atoms with Crippen molar-refractivity contribution in [2.24, 2.45) is 0 Å². The number of carbonyl (C=O) groups is 2. The number of epoxide rings is 1. The highest BCUT2D eigenvalue weighted by atomic mass is 16.6. The van der Waals surface area contributed by atoms with Crippen LogP contribution in [0, 0.1) is 0 Å². The maximum absolute atomic E-state index is 11.8. The van der Waals surface area contributed by atoms with Crippen LogP contribution < -0.4 is 0 Å². The number of carbonyl (C=O) groups excluding carboxylic acids is 1. The van der Waals surface area contributed by atoms with Gasteiger partial charge < -0.3 is 9.84 Å². The molecule has 1 aliphatic rings. The molecule has 0 amide bonds. The minimum atomic E-state index is -0.711. The van der Waals surface area contributed by atoms with Crippen LogP contribution in [0.1, 0.15) is 77.6 Å². The number of carboxylic acid groups (broad SMARTS) is 1. The van der Waals surface area contributed by atoms with Gasteiger partial charge in [-0.05, 0) is 31.8 Å². The van der Waals surface area contributed by atoms with Crippen molar-refractivity contribution in [3.8, 4) is 0 Å². The highest BCUT2D eigenvalue weighted by Gasteiger charge is 2.42. The number of ketones is 1. The summed E-state index contributed by atoms with van der Waals surface area (Å²) >= 11 is 0. The molecule has 0 aliphatic carbocycles. The molecule has 0 radical (unpaired) electrons. The van der Waals surface area contributed by atoms with Gasteiger partial charge in [0.05, 0.1) is 6.10 Å². The maximum Gasteiger partial charge on any atom is 0.303 e. The number of allylic oxidation sites excluding steroid dienone is 1. The van der Waals surface area contributed by atoms with Gasteiger partial charge in [0.15, 0.2) is 5.78 Å². The van der Waals surface area contributed by atoms with Crippen LogP contribution in [-0.2, 0) is 14.3 Å². The summed E-state index contributed by atoms with van der Waals surface area (Å²) in [6, 6.07) is 0. The summed E-state index contributed by atoms with van der Waals surface area (Å²) in [4.78, 5) is 22.2. The van der Waals surface area contributed by atoms with Crippen LogP contribution in [0.4, 0.5) is 0 Å². The Labute approximate surface area is 133 Å². The summed E-state index contributed by atoms with van der Waals surface area (Å²) in [7, 11) is 0. The van der Waals surface area contributed by atoms with E-state index in [1.54, 1.807) is 6.08 Å². The molecule has 1 aliphatic heterocycles. The molecule has 1 saturated heterocycles.